The highest BCUT2D eigenvalue weighted by Gasteiger charge is 2.42. The molecule has 2 unspecified atom stereocenters. The number of amides is 1. The summed E-state index contributed by atoms with van der Waals surface area (Å²) >= 11 is 0. The first-order chi connectivity index (χ1) is 8.69. The number of nitrogens with zero attached hydrogens (tertiary/aromatic N) is 1. The van der Waals surface area contributed by atoms with E-state index in [1.54, 1.807) is 0 Å². The second-order valence-corrected chi connectivity index (χ2v) is 5.51. The van der Waals surface area contributed by atoms with Crippen LogP contribution in [0, 0.1) is 5.92 Å². The topological polar surface area (TPSA) is 48.0 Å². The molecule has 0 aromatic carbocycles. The van der Waals surface area contributed by atoms with E-state index in [1.807, 2.05) is 11.8 Å². The van der Waals surface area contributed by atoms with E-state index in [-0.39, 0.29) is 17.9 Å². The summed E-state index contributed by atoms with van der Waals surface area (Å²) in [5.74, 6) is -0.0948. The van der Waals surface area contributed by atoms with E-state index in [9.17, 15) is 4.79 Å². The Hall–Kier alpha value is -0.650. The Morgan fingerprint density at radius 1 is 1.22 bits per heavy atom. The van der Waals surface area contributed by atoms with Gasteiger partial charge in [-0.1, -0.05) is 0 Å². The molecule has 2 atom stereocenters. The van der Waals surface area contributed by atoms with E-state index >= 15 is 0 Å². The maximum Gasteiger partial charge on any atom is 0.228 e. The van der Waals surface area contributed by atoms with Crippen molar-refractivity contribution >= 4 is 5.91 Å². The number of hydrogen-bond donors (Lipinski definition) is 0. The van der Waals surface area contributed by atoms with Gasteiger partial charge >= 0.3 is 0 Å². The Morgan fingerprint density at radius 3 is 2.44 bits per heavy atom. The Morgan fingerprint density at radius 2 is 1.89 bits per heavy atom. The first-order valence-corrected chi connectivity index (χ1v) is 6.87. The molecule has 102 valence electrons. The highest BCUT2D eigenvalue weighted by atomic mass is 16.7. The Bertz CT molecular complexity index is 317. The Balaban J connectivity index is 1.54. The van der Waals surface area contributed by atoms with Gasteiger partial charge in [-0.25, -0.2) is 0 Å². The minimum atomic E-state index is -0.393. The zero-order chi connectivity index (χ0) is 12.6. The largest absolute Gasteiger partial charge is 0.378 e. The van der Waals surface area contributed by atoms with E-state index in [0.717, 1.165) is 32.4 Å². The standard InChI is InChI=1S/C13H21NO4/c1-10-8-11(9-16-10)12(15)14-4-2-13(3-5-14)17-6-7-18-13/h10-11H,2-9H2,1H3. The molecular weight excluding hydrogens is 234 g/mol. The molecule has 3 heterocycles. The summed E-state index contributed by atoms with van der Waals surface area (Å²) < 4.78 is 16.8. The number of hydrogen-bond acceptors (Lipinski definition) is 4. The van der Waals surface area contributed by atoms with Crippen molar-refractivity contribution in [2.45, 2.75) is 38.1 Å². The molecule has 0 bridgehead atoms. The predicted molar refractivity (Wildman–Crippen MR) is 64.0 cm³/mol. The predicted octanol–water partition coefficient (Wildman–Crippen LogP) is 0.777. The molecule has 0 saturated carbocycles. The van der Waals surface area contributed by atoms with Crippen molar-refractivity contribution in [1.29, 1.82) is 0 Å². The van der Waals surface area contributed by atoms with Crippen LogP contribution in [-0.2, 0) is 19.0 Å². The lowest BCUT2D eigenvalue weighted by molar-refractivity contribution is -0.188. The number of likely N-dealkylation sites (tertiary alicyclic amines) is 1. The van der Waals surface area contributed by atoms with Crippen LogP contribution in [0.4, 0.5) is 0 Å². The molecule has 0 aliphatic carbocycles. The van der Waals surface area contributed by atoms with Gasteiger partial charge in [-0.2, -0.15) is 0 Å². The van der Waals surface area contributed by atoms with Crippen LogP contribution in [0.2, 0.25) is 0 Å². The van der Waals surface area contributed by atoms with Crippen LogP contribution >= 0.6 is 0 Å². The molecule has 0 aromatic rings. The second kappa shape index (κ2) is 4.79. The molecule has 0 N–H and O–H groups in total. The lowest BCUT2D eigenvalue weighted by Crippen LogP contribution is -2.49. The maximum absolute atomic E-state index is 12.3. The monoisotopic (exact) mass is 255 g/mol. The third-order valence-corrected chi connectivity index (χ3v) is 4.20. The average Bonchev–Trinajstić information content (AvgIpc) is 3.00. The fraction of sp³-hybridized carbons (Fsp3) is 0.923. The second-order valence-electron chi connectivity index (χ2n) is 5.51. The first kappa shape index (κ1) is 12.4. The van der Waals surface area contributed by atoms with Gasteiger partial charge in [-0.3, -0.25) is 4.79 Å². The fourth-order valence-corrected chi connectivity index (χ4v) is 3.10. The SMILES string of the molecule is CC1CC(C(=O)N2CCC3(CC2)OCCO3)CO1. The van der Waals surface area contributed by atoms with Crippen molar-refractivity contribution in [3.05, 3.63) is 0 Å². The molecule has 3 fully saturated rings. The molecule has 3 aliphatic heterocycles. The van der Waals surface area contributed by atoms with Gasteiger partial charge in [0.2, 0.25) is 5.91 Å². The molecular formula is C13H21NO4. The molecule has 18 heavy (non-hydrogen) atoms. The van der Waals surface area contributed by atoms with Gasteiger partial charge in [0.05, 0.1) is 31.8 Å². The number of carbonyl (C=O) groups is 1. The summed E-state index contributed by atoms with van der Waals surface area (Å²) in [7, 11) is 0. The van der Waals surface area contributed by atoms with Crippen molar-refractivity contribution < 1.29 is 19.0 Å². The van der Waals surface area contributed by atoms with Gasteiger partial charge in [-0.05, 0) is 13.3 Å². The van der Waals surface area contributed by atoms with E-state index < -0.39 is 5.79 Å². The van der Waals surface area contributed by atoms with E-state index in [4.69, 9.17) is 14.2 Å². The van der Waals surface area contributed by atoms with E-state index in [1.165, 1.54) is 0 Å². The van der Waals surface area contributed by atoms with Crippen molar-refractivity contribution in [3.8, 4) is 0 Å². The van der Waals surface area contributed by atoms with E-state index in [2.05, 4.69) is 0 Å². The smallest absolute Gasteiger partial charge is 0.228 e. The molecule has 5 nitrogen and oxygen atoms in total. The van der Waals surface area contributed by atoms with Crippen molar-refractivity contribution in [3.63, 3.8) is 0 Å². The van der Waals surface area contributed by atoms with Crippen LogP contribution in [0.1, 0.15) is 26.2 Å². The molecule has 3 rings (SSSR count). The number of carbonyl (C=O) groups excluding carboxylic acids is 1. The molecule has 0 radical (unpaired) electrons. The Labute approximate surface area is 107 Å². The van der Waals surface area contributed by atoms with Crippen LogP contribution < -0.4 is 0 Å². The van der Waals surface area contributed by atoms with Crippen molar-refractivity contribution in [2.24, 2.45) is 5.92 Å². The van der Waals surface area contributed by atoms with Gasteiger partial charge in [0.15, 0.2) is 5.79 Å². The first-order valence-electron chi connectivity index (χ1n) is 6.87. The Kier molecular flexibility index (Phi) is 3.30. The molecule has 3 aliphatic rings. The lowest BCUT2D eigenvalue weighted by atomic mass is 9.99. The summed E-state index contributed by atoms with van der Waals surface area (Å²) in [6.45, 7) is 5.45. The van der Waals surface area contributed by atoms with Crippen LogP contribution in [0.15, 0.2) is 0 Å². The molecule has 1 spiro atoms. The lowest BCUT2D eigenvalue weighted by Gasteiger charge is -2.38. The van der Waals surface area contributed by atoms with Crippen LogP contribution in [-0.4, -0.2) is 55.6 Å². The average molecular weight is 255 g/mol. The fourth-order valence-electron chi connectivity index (χ4n) is 3.10. The van der Waals surface area contributed by atoms with Gasteiger partial charge in [0.25, 0.3) is 0 Å². The van der Waals surface area contributed by atoms with Crippen LogP contribution in [0.25, 0.3) is 0 Å². The minimum Gasteiger partial charge on any atom is -0.378 e. The van der Waals surface area contributed by atoms with Gasteiger partial charge in [0.1, 0.15) is 0 Å². The molecule has 5 heteroatoms. The minimum absolute atomic E-state index is 0.0551. The number of ether oxygens (including phenoxy) is 3. The zero-order valence-corrected chi connectivity index (χ0v) is 10.9. The molecule has 3 saturated heterocycles. The maximum atomic E-state index is 12.3. The van der Waals surface area contributed by atoms with E-state index in [0.29, 0.717) is 19.8 Å². The van der Waals surface area contributed by atoms with Gasteiger partial charge in [-0.15, -0.1) is 0 Å². The van der Waals surface area contributed by atoms with Gasteiger partial charge < -0.3 is 19.1 Å². The summed E-state index contributed by atoms with van der Waals surface area (Å²) in [4.78, 5) is 14.3. The summed E-state index contributed by atoms with van der Waals surface area (Å²) in [5.41, 5.74) is 0. The van der Waals surface area contributed by atoms with Crippen LogP contribution in [0.5, 0.6) is 0 Å². The summed E-state index contributed by atoms with van der Waals surface area (Å²) in [6, 6.07) is 0. The quantitative estimate of drug-likeness (QED) is 0.694. The summed E-state index contributed by atoms with van der Waals surface area (Å²) in [5, 5.41) is 0. The third-order valence-electron chi connectivity index (χ3n) is 4.20. The number of rotatable bonds is 1. The van der Waals surface area contributed by atoms with Crippen molar-refractivity contribution in [2.75, 3.05) is 32.9 Å². The van der Waals surface area contributed by atoms with Crippen molar-refractivity contribution in [1.82, 2.24) is 4.90 Å². The van der Waals surface area contributed by atoms with Gasteiger partial charge in [0, 0.05) is 25.9 Å². The summed E-state index contributed by atoms with van der Waals surface area (Å²) in [6.07, 6.45) is 2.66. The third kappa shape index (κ3) is 2.27. The zero-order valence-electron chi connectivity index (χ0n) is 10.9. The highest BCUT2D eigenvalue weighted by Crippen LogP contribution is 2.32. The van der Waals surface area contributed by atoms with Crippen LogP contribution in [0.3, 0.4) is 0 Å². The highest BCUT2D eigenvalue weighted by molar-refractivity contribution is 5.79. The normalized spacial score (nSPS) is 35.3. The molecule has 1 amide bonds. The molecule has 0 aromatic heterocycles. The number of piperidine rings is 1.